The van der Waals surface area contributed by atoms with Crippen LogP contribution in [-0.4, -0.2) is 44.4 Å². The molecule has 0 aliphatic carbocycles. The quantitative estimate of drug-likeness (QED) is 0.434. The van der Waals surface area contributed by atoms with Crippen LogP contribution < -0.4 is 15.4 Å². The van der Waals surface area contributed by atoms with E-state index in [2.05, 4.69) is 30.4 Å². The van der Waals surface area contributed by atoms with Crippen LogP contribution in [0.15, 0.2) is 42.5 Å². The second kappa shape index (κ2) is 8.43. The van der Waals surface area contributed by atoms with E-state index in [0.29, 0.717) is 23.9 Å². The molecule has 0 spiro atoms. The standard InChI is InChI=1S/C22H18F4N6O2/c23-12-8-9-17(34-22(24,25)26)14(11-12)18-30-19-13-5-1-2-6-15(13)28-21(32(19)31-18)29-16-7-3-4-10-27-20(16)33/h1-2,5-6,8-9,11,16H,3-4,7,10H2,(H,27,33)(H,28,29)/t16-/m0/s1. The molecule has 1 aliphatic heterocycles. The first-order valence-electron chi connectivity index (χ1n) is 10.5. The molecule has 8 nitrogen and oxygen atoms in total. The zero-order valence-corrected chi connectivity index (χ0v) is 17.6. The van der Waals surface area contributed by atoms with Gasteiger partial charge in [-0.25, -0.2) is 14.4 Å². The second-order valence-electron chi connectivity index (χ2n) is 7.80. The maximum atomic E-state index is 14.0. The number of hydrogen-bond acceptors (Lipinski definition) is 6. The highest BCUT2D eigenvalue weighted by Gasteiger charge is 2.33. The lowest BCUT2D eigenvalue weighted by molar-refractivity contribution is -0.274. The molecule has 2 aromatic carbocycles. The fourth-order valence-electron chi connectivity index (χ4n) is 3.89. The molecule has 1 saturated heterocycles. The van der Waals surface area contributed by atoms with Gasteiger partial charge in [0.2, 0.25) is 11.9 Å². The summed E-state index contributed by atoms with van der Waals surface area (Å²) in [4.78, 5) is 21.4. The molecule has 176 valence electrons. The molecule has 1 aliphatic rings. The summed E-state index contributed by atoms with van der Waals surface area (Å²) < 4.78 is 58.1. The molecule has 5 rings (SSSR count). The van der Waals surface area contributed by atoms with Crippen molar-refractivity contribution >= 4 is 28.4 Å². The molecule has 0 radical (unpaired) electrons. The number of anilines is 1. The monoisotopic (exact) mass is 474 g/mol. The van der Waals surface area contributed by atoms with E-state index in [9.17, 15) is 22.4 Å². The third-order valence-corrected chi connectivity index (χ3v) is 5.43. The molecule has 3 heterocycles. The number of fused-ring (bicyclic) bond motifs is 3. The lowest BCUT2D eigenvalue weighted by atomic mass is 10.1. The summed E-state index contributed by atoms with van der Waals surface area (Å²) in [6, 6.07) is 9.02. The number of ether oxygens (including phenoxy) is 1. The topological polar surface area (TPSA) is 93.4 Å². The Morgan fingerprint density at radius 2 is 1.94 bits per heavy atom. The van der Waals surface area contributed by atoms with Crippen molar-refractivity contribution in [2.24, 2.45) is 0 Å². The number of amides is 1. The molecule has 12 heteroatoms. The maximum Gasteiger partial charge on any atom is 0.573 e. The van der Waals surface area contributed by atoms with Gasteiger partial charge < -0.3 is 15.4 Å². The summed E-state index contributed by atoms with van der Waals surface area (Å²) in [5.74, 6) is -1.61. The number of rotatable bonds is 4. The van der Waals surface area contributed by atoms with E-state index < -0.39 is 24.0 Å². The number of aromatic nitrogens is 4. The van der Waals surface area contributed by atoms with Gasteiger partial charge in [0.15, 0.2) is 11.5 Å². The van der Waals surface area contributed by atoms with E-state index in [4.69, 9.17) is 0 Å². The third kappa shape index (κ3) is 4.30. The molecule has 34 heavy (non-hydrogen) atoms. The minimum absolute atomic E-state index is 0.184. The largest absolute Gasteiger partial charge is 0.573 e. The van der Waals surface area contributed by atoms with Crippen molar-refractivity contribution in [2.75, 3.05) is 11.9 Å². The van der Waals surface area contributed by atoms with Crippen LogP contribution >= 0.6 is 0 Å². The Morgan fingerprint density at radius 3 is 2.76 bits per heavy atom. The van der Waals surface area contributed by atoms with Gasteiger partial charge in [-0.1, -0.05) is 12.1 Å². The van der Waals surface area contributed by atoms with Crippen molar-refractivity contribution in [1.82, 2.24) is 24.9 Å². The SMILES string of the molecule is O=C1NCCCC[C@@H]1Nc1nc2ccccc2c2nc(-c3cc(F)ccc3OC(F)(F)F)nn12. The number of benzene rings is 2. The first-order chi connectivity index (χ1) is 16.3. The minimum atomic E-state index is -4.99. The zero-order chi connectivity index (χ0) is 23.9. The van der Waals surface area contributed by atoms with Gasteiger partial charge in [-0.3, -0.25) is 4.79 Å². The van der Waals surface area contributed by atoms with Gasteiger partial charge in [0.1, 0.15) is 17.6 Å². The molecule has 2 N–H and O–H groups in total. The van der Waals surface area contributed by atoms with E-state index in [1.165, 1.54) is 4.52 Å². The summed E-state index contributed by atoms with van der Waals surface area (Å²) in [7, 11) is 0. The Hall–Kier alpha value is -3.96. The molecule has 0 bridgehead atoms. The van der Waals surface area contributed by atoms with Crippen molar-refractivity contribution in [2.45, 2.75) is 31.7 Å². The van der Waals surface area contributed by atoms with Crippen molar-refractivity contribution < 1.29 is 27.1 Å². The summed E-state index contributed by atoms with van der Waals surface area (Å²) >= 11 is 0. The zero-order valence-electron chi connectivity index (χ0n) is 17.6. The van der Waals surface area contributed by atoms with Gasteiger partial charge in [-0.05, 0) is 49.6 Å². The van der Waals surface area contributed by atoms with Crippen LogP contribution in [0, 0.1) is 5.82 Å². The van der Waals surface area contributed by atoms with Crippen LogP contribution in [0.25, 0.3) is 27.9 Å². The highest BCUT2D eigenvalue weighted by atomic mass is 19.4. The fraction of sp³-hybridized carbons (Fsp3) is 0.273. The Balaban J connectivity index is 1.67. The van der Waals surface area contributed by atoms with Crippen molar-refractivity contribution in [3.05, 3.63) is 48.3 Å². The molecule has 0 unspecified atom stereocenters. The van der Waals surface area contributed by atoms with E-state index in [1.807, 2.05) is 0 Å². The maximum absolute atomic E-state index is 14.0. The Morgan fingerprint density at radius 1 is 1.12 bits per heavy atom. The predicted molar refractivity (Wildman–Crippen MR) is 115 cm³/mol. The highest BCUT2D eigenvalue weighted by Crippen LogP contribution is 2.34. The molecule has 0 saturated carbocycles. The van der Waals surface area contributed by atoms with Crippen LogP contribution in [-0.2, 0) is 4.79 Å². The molecule has 1 atom stereocenters. The first-order valence-corrected chi connectivity index (χ1v) is 10.5. The predicted octanol–water partition coefficient (Wildman–Crippen LogP) is 4.06. The Kier molecular flexibility index (Phi) is 5.42. The summed E-state index contributed by atoms with van der Waals surface area (Å²) in [6.07, 6.45) is -2.76. The van der Waals surface area contributed by atoms with Crippen LogP contribution in [0.5, 0.6) is 5.75 Å². The minimum Gasteiger partial charge on any atom is -0.405 e. The molecule has 1 amide bonds. The van der Waals surface area contributed by atoms with E-state index in [-0.39, 0.29) is 28.9 Å². The van der Waals surface area contributed by atoms with Crippen molar-refractivity contribution in [3.8, 4) is 17.1 Å². The average Bonchev–Trinajstić information content (AvgIpc) is 3.14. The molecular weight excluding hydrogens is 456 g/mol. The fourth-order valence-corrected chi connectivity index (χ4v) is 3.89. The number of carbonyl (C=O) groups excluding carboxylic acids is 1. The van der Waals surface area contributed by atoms with Gasteiger partial charge >= 0.3 is 6.36 Å². The normalized spacial score (nSPS) is 16.9. The van der Waals surface area contributed by atoms with E-state index >= 15 is 0 Å². The Bertz CT molecular complexity index is 1390. The smallest absolute Gasteiger partial charge is 0.405 e. The molecule has 1 fully saturated rings. The number of nitrogens with zero attached hydrogens (tertiary/aromatic N) is 4. The second-order valence-corrected chi connectivity index (χ2v) is 7.80. The number of carbonyl (C=O) groups is 1. The summed E-state index contributed by atoms with van der Waals surface area (Å²) in [5, 5.41) is 10.8. The number of para-hydroxylation sites is 1. The average molecular weight is 474 g/mol. The third-order valence-electron chi connectivity index (χ3n) is 5.43. The van der Waals surface area contributed by atoms with Gasteiger partial charge in [-0.15, -0.1) is 18.3 Å². The summed E-state index contributed by atoms with van der Waals surface area (Å²) in [6.45, 7) is 0.576. The number of nitrogens with one attached hydrogen (secondary N) is 2. The van der Waals surface area contributed by atoms with E-state index in [1.54, 1.807) is 24.3 Å². The van der Waals surface area contributed by atoms with Crippen molar-refractivity contribution in [3.63, 3.8) is 0 Å². The van der Waals surface area contributed by atoms with Crippen LogP contribution in [0.2, 0.25) is 0 Å². The van der Waals surface area contributed by atoms with Gasteiger partial charge in [-0.2, -0.15) is 4.52 Å². The lowest BCUT2D eigenvalue weighted by Gasteiger charge is -2.16. The summed E-state index contributed by atoms with van der Waals surface area (Å²) in [5.41, 5.74) is 0.541. The molecular formula is C22H18F4N6O2. The van der Waals surface area contributed by atoms with Crippen LogP contribution in [0.4, 0.5) is 23.5 Å². The van der Waals surface area contributed by atoms with Gasteiger partial charge in [0.25, 0.3) is 0 Å². The molecule has 4 aromatic rings. The highest BCUT2D eigenvalue weighted by molar-refractivity contribution is 5.93. The van der Waals surface area contributed by atoms with Crippen LogP contribution in [0.1, 0.15) is 19.3 Å². The first kappa shape index (κ1) is 21.9. The molecule has 2 aromatic heterocycles. The van der Waals surface area contributed by atoms with Crippen LogP contribution in [0.3, 0.4) is 0 Å². The van der Waals surface area contributed by atoms with Crippen molar-refractivity contribution in [1.29, 1.82) is 0 Å². The lowest BCUT2D eigenvalue weighted by Crippen LogP contribution is -2.38. The van der Waals surface area contributed by atoms with Gasteiger partial charge in [0, 0.05) is 11.9 Å². The number of alkyl halides is 3. The van der Waals surface area contributed by atoms with E-state index in [0.717, 1.165) is 31.0 Å². The Labute approximate surface area is 190 Å². The van der Waals surface area contributed by atoms with Gasteiger partial charge in [0.05, 0.1) is 11.1 Å². The number of hydrogen-bond donors (Lipinski definition) is 2. The number of halogens is 4.